The van der Waals surface area contributed by atoms with Crippen molar-refractivity contribution in [2.45, 2.75) is 87.7 Å². The first-order valence-corrected chi connectivity index (χ1v) is 9.02. The van der Waals surface area contributed by atoms with Crippen LogP contribution in [0.15, 0.2) is 12.2 Å². The summed E-state index contributed by atoms with van der Waals surface area (Å²) in [6, 6.07) is 0. The molecular formula is C21H38O2. The van der Waals surface area contributed by atoms with E-state index in [-0.39, 0.29) is 28.3 Å². The van der Waals surface area contributed by atoms with Gasteiger partial charge in [0.1, 0.15) is 6.10 Å². The summed E-state index contributed by atoms with van der Waals surface area (Å²) in [5.74, 6) is 0.951. The van der Waals surface area contributed by atoms with E-state index in [1.807, 2.05) is 20.8 Å². The Kier molecular flexibility index (Phi) is 5.82. The molecule has 0 aromatic rings. The fourth-order valence-corrected chi connectivity index (χ4v) is 3.31. The lowest BCUT2D eigenvalue weighted by molar-refractivity contribution is -0.151. The third-order valence-corrected chi connectivity index (χ3v) is 5.54. The zero-order valence-corrected chi connectivity index (χ0v) is 16.9. The van der Waals surface area contributed by atoms with Crippen LogP contribution in [-0.4, -0.2) is 12.1 Å². The molecule has 0 N–H and O–H groups in total. The molecule has 0 saturated heterocycles. The maximum absolute atomic E-state index is 12.4. The summed E-state index contributed by atoms with van der Waals surface area (Å²) >= 11 is 0. The standard InChI is InChI=1S/C21H38O2/c1-14(19(2,3)4)18(22)23-17-12-15(20(5,6)7)11-16(13-17)21(8,9)10/h15-17H,1,11-13H2,2-10H3. The normalized spacial score (nSPS) is 26.7. The van der Waals surface area contributed by atoms with Crippen molar-refractivity contribution in [2.75, 3.05) is 0 Å². The molecule has 1 aliphatic rings. The maximum Gasteiger partial charge on any atom is 0.334 e. The van der Waals surface area contributed by atoms with Crippen LogP contribution >= 0.6 is 0 Å². The van der Waals surface area contributed by atoms with Gasteiger partial charge in [0.2, 0.25) is 0 Å². The Labute approximate surface area is 144 Å². The Morgan fingerprint density at radius 2 is 1.22 bits per heavy atom. The zero-order chi connectivity index (χ0) is 18.2. The van der Waals surface area contributed by atoms with Crippen LogP contribution in [0, 0.1) is 28.1 Å². The number of hydrogen-bond acceptors (Lipinski definition) is 2. The number of ether oxygens (including phenoxy) is 1. The minimum atomic E-state index is -0.237. The Morgan fingerprint density at radius 1 is 0.826 bits per heavy atom. The summed E-state index contributed by atoms with van der Waals surface area (Å²) in [4.78, 5) is 12.4. The lowest BCUT2D eigenvalue weighted by atomic mass is 9.62. The Balaban J connectivity index is 2.89. The predicted octanol–water partition coefficient (Wildman–Crippen LogP) is 6.01. The summed E-state index contributed by atoms with van der Waals surface area (Å²) in [7, 11) is 0. The van der Waals surface area contributed by atoms with Crippen molar-refractivity contribution in [3.8, 4) is 0 Å². The third-order valence-electron chi connectivity index (χ3n) is 5.54. The molecule has 23 heavy (non-hydrogen) atoms. The largest absolute Gasteiger partial charge is 0.459 e. The summed E-state index contributed by atoms with van der Waals surface area (Å²) < 4.78 is 5.89. The molecule has 134 valence electrons. The number of rotatable bonds is 2. The summed E-state index contributed by atoms with van der Waals surface area (Å²) in [6.07, 6.45) is 3.18. The van der Waals surface area contributed by atoms with E-state index in [1.54, 1.807) is 0 Å². The zero-order valence-electron chi connectivity index (χ0n) is 16.9. The second-order valence-corrected chi connectivity index (χ2v) is 10.6. The molecule has 2 nitrogen and oxygen atoms in total. The van der Waals surface area contributed by atoms with Gasteiger partial charge in [0, 0.05) is 5.57 Å². The van der Waals surface area contributed by atoms with Gasteiger partial charge in [-0.3, -0.25) is 0 Å². The van der Waals surface area contributed by atoms with E-state index in [0.717, 1.165) is 12.8 Å². The van der Waals surface area contributed by atoms with Crippen molar-refractivity contribution in [1.82, 2.24) is 0 Å². The van der Waals surface area contributed by atoms with Crippen molar-refractivity contribution >= 4 is 5.97 Å². The van der Waals surface area contributed by atoms with E-state index in [9.17, 15) is 4.79 Å². The number of carbonyl (C=O) groups is 1. The summed E-state index contributed by atoms with van der Waals surface area (Å²) in [5, 5.41) is 0. The maximum atomic E-state index is 12.4. The monoisotopic (exact) mass is 322 g/mol. The molecule has 0 radical (unpaired) electrons. The molecule has 1 aliphatic carbocycles. The SMILES string of the molecule is C=C(C(=O)OC1CC(C(C)(C)C)CC(C(C)(C)C)C1)C(C)(C)C. The average molecular weight is 323 g/mol. The second kappa shape index (κ2) is 6.61. The second-order valence-electron chi connectivity index (χ2n) is 10.6. The highest BCUT2D eigenvalue weighted by Gasteiger charge is 2.41. The van der Waals surface area contributed by atoms with Crippen LogP contribution in [0.4, 0.5) is 0 Å². The first-order chi connectivity index (χ1) is 10.1. The highest BCUT2D eigenvalue weighted by molar-refractivity contribution is 5.89. The summed E-state index contributed by atoms with van der Waals surface area (Å²) in [5.41, 5.74) is 0.826. The Bertz CT molecular complexity index is 418. The van der Waals surface area contributed by atoms with Gasteiger partial charge in [-0.05, 0) is 47.3 Å². The van der Waals surface area contributed by atoms with Gasteiger partial charge >= 0.3 is 5.97 Å². The average Bonchev–Trinajstić information content (AvgIpc) is 2.34. The van der Waals surface area contributed by atoms with Crippen LogP contribution in [0.2, 0.25) is 0 Å². The van der Waals surface area contributed by atoms with Crippen LogP contribution in [0.25, 0.3) is 0 Å². The molecule has 0 aromatic carbocycles. The van der Waals surface area contributed by atoms with Crippen LogP contribution < -0.4 is 0 Å². The predicted molar refractivity (Wildman–Crippen MR) is 98.2 cm³/mol. The molecule has 1 fully saturated rings. The molecular weight excluding hydrogens is 284 g/mol. The van der Waals surface area contributed by atoms with Crippen molar-refractivity contribution in [3.05, 3.63) is 12.2 Å². The fourth-order valence-electron chi connectivity index (χ4n) is 3.31. The molecule has 0 bridgehead atoms. The molecule has 2 heteroatoms. The van der Waals surface area contributed by atoms with Crippen LogP contribution in [-0.2, 0) is 9.53 Å². The quantitative estimate of drug-likeness (QED) is 0.460. The van der Waals surface area contributed by atoms with E-state index in [0.29, 0.717) is 17.4 Å². The van der Waals surface area contributed by atoms with Gasteiger partial charge in [0.05, 0.1) is 0 Å². The van der Waals surface area contributed by atoms with Crippen LogP contribution in [0.1, 0.15) is 81.6 Å². The van der Waals surface area contributed by atoms with Crippen LogP contribution in [0.5, 0.6) is 0 Å². The smallest absolute Gasteiger partial charge is 0.334 e. The first kappa shape index (κ1) is 20.3. The molecule has 0 amide bonds. The first-order valence-electron chi connectivity index (χ1n) is 9.02. The van der Waals surface area contributed by atoms with E-state index in [4.69, 9.17) is 4.74 Å². The molecule has 0 spiro atoms. The molecule has 1 saturated carbocycles. The summed E-state index contributed by atoms with van der Waals surface area (Å²) in [6.45, 7) is 23.8. The fraction of sp³-hybridized carbons (Fsp3) is 0.857. The van der Waals surface area contributed by atoms with Crippen molar-refractivity contribution in [2.24, 2.45) is 28.1 Å². The molecule has 2 unspecified atom stereocenters. The van der Waals surface area contributed by atoms with Crippen molar-refractivity contribution < 1.29 is 9.53 Å². The van der Waals surface area contributed by atoms with E-state index < -0.39 is 0 Å². The minimum absolute atomic E-state index is 0.0174. The highest BCUT2D eigenvalue weighted by Crippen LogP contribution is 2.47. The van der Waals surface area contributed by atoms with Gasteiger partial charge in [-0.15, -0.1) is 0 Å². The van der Waals surface area contributed by atoms with Gasteiger partial charge in [-0.1, -0.05) is 68.9 Å². The number of hydrogen-bond donors (Lipinski definition) is 0. The van der Waals surface area contributed by atoms with Gasteiger partial charge in [0.15, 0.2) is 0 Å². The van der Waals surface area contributed by atoms with E-state index in [2.05, 4.69) is 48.1 Å². The van der Waals surface area contributed by atoms with Gasteiger partial charge < -0.3 is 4.74 Å². The van der Waals surface area contributed by atoms with Crippen molar-refractivity contribution in [1.29, 1.82) is 0 Å². The van der Waals surface area contributed by atoms with Gasteiger partial charge in [-0.25, -0.2) is 4.79 Å². The lowest BCUT2D eigenvalue weighted by Gasteiger charge is -2.45. The number of carbonyl (C=O) groups excluding carboxylic acids is 1. The van der Waals surface area contributed by atoms with Gasteiger partial charge in [-0.2, -0.15) is 0 Å². The molecule has 2 atom stereocenters. The lowest BCUT2D eigenvalue weighted by Crippen LogP contribution is -2.40. The topological polar surface area (TPSA) is 26.3 Å². The molecule has 0 aromatic heterocycles. The third kappa shape index (κ3) is 5.65. The molecule has 0 heterocycles. The minimum Gasteiger partial charge on any atom is -0.459 e. The van der Waals surface area contributed by atoms with Crippen LogP contribution in [0.3, 0.4) is 0 Å². The van der Waals surface area contributed by atoms with E-state index in [1.165, 1.54) is 6.42 Å². The Morgan fingerprint density at radius 3 is 1.52 bits per heavy atom. The number of esters is 1. The van der Waals surface area contributed by atoms with E-state index >= 15 is 0 Å². The van der Waals surface area contributed by atoms with Gasteiger partial charge in [0.25, 0.3) is 0 Å². The Hall–Kier alpha value is -0.790. The molecule has 0 aliphatic heterocycles. The molecule has 1 rings (SSSR count). The highest BCUT2D eigenvalue weighted by atomic mass is 16.5. The van der Waals surface area contributed by atoms with Crippen molar-refractivity contribution in [3.63, 3.8) is 0 Å².